The van der Waals surface area contributed by atoms with Crippen molar-refractivity contribution in [2.24, 2.45) is 0 Å². The molecular formula is C13H14N2O5S. The third-order valence-corrected chi connectivity index (χ3v) is 4.56. The molecule has 1 unspecified atom stereocenters. The summed E-state index contributed by atoms with van der Waals surface area (Å²) in [6.07, 6.45) is 0. The molecule has 0 fully saturated rings. The second-order valence-corrected chi connectivity index (χ2v) is 6.11. The van der Waals surface area contributed by atoms with E-state index in [0.717, 1.165) is 0 Å². The van der Waals surface area contributed by atoms with Crippen LogP contribution in [0.3, 0.4) is 0 Å². The largest absolute Gasteiger partial charge is 0.480 e. The molecule has 1 heterocycles. The van der Waals surface area contributed by atoms with E-state index in [9.17, 15) is 18.3 Å². The highest BCUT2D eigenvalue weighted by atomic mass is 32.2. The highest BCUT2D eigenvalue weighted by molar-refractivity contribution is 7.89. The van der Waals surface area contributed by atoms with Crippen LogP contribution >= 0.6 is 0 Å². The predicted molar refractivity (Wildman–Crippen MR) is 73.1 cm³/mol. The number of aliphatic carboxylic acids is 1. The molecule has 1 aromatic carbocycles. The molecule has 1 aromatic heterocycles. The van der Waals surface area contributed by atoms with Crippen LogP contribution in [0, 0.1) is 13.8 Å². The van der Waals surface area contributed by atoms with Gasteiger partial charge in [0.15, 0.2) is 5.76 Å². The van der Waals surface area contributed by atoms with E-state index >= 15 is 0 Å². The smallest absolute Gasteiger partial charge is 0.326 e. The maximum atomic E-state index is 12.3. The van der Waals surface area contributed by atoms with Gasteiger partial charge in [-0.05, 0) is 19.4 Å². The summed E-state index contributed by atoms with van der Waals surface area (Å²) in [5, 5.41) is 12.8. The Balaban J connectivity index is 2.40. The lowest BCUT2D eigenvalue weighted by Gasteiger charge is -2.14. The van der Waals surface area contributed by atoms with E-state index in [-0.39, 0.29) is 16.3 Å². The Morgan fingerprint density at radius 1 is 1.29 bits per heavy atom. The Morgan fingerprint density at radius 2 is 1.90 bits per heavy atom. The summed E-state index contributed by atoms with van der Waals surface area (Å²) >= 11 is 0. The molecule has 7 nitrogen and oxygen atoms in total. The normalized spacial score (nSPS) is 13.0. The van der Waals surface area contributed by atoms with Crippen LogP contribution in [0.1, 0.15) is 23.1 Å². The quantitative estimate of drug-likeness (QED) is 0.863. The van der Waals surface area contributed by atoms with Gasteiger partial charge in [0.2, 0.25) is 10.0 Å². The minimum atomic E-state index is -4.06. The molecule has 2 aromatic rings. The van der Waals surface area contributed by atoms with Gasteiger partial charge in [-0.3, -0.25) is 4.79 Å². The van der Waals surface area contributed by atoms with E-state index in [2.05, 4.69) is 9.88 Å². The third kappa shape index (κ3) is 3.11. The lowest BCUT2D eigenvalue weighted by atomic mass is 10.1. The first-order valence-electron chi connectivity index (χ1n) is 6.06. The number of nitrogens with zero attached hydrogens (tertiary/aromatic N) is 1. The molecule has 0 aliphatic rings. The number of rotatable bonds is 5. The molecule has 0 saturated carbocycles. The fraction of sp³-hybridized carbons (Fsp3) is 0.231. The lowest BCUT2D eigenvalue weighted by molar-refractivity contribution is -0.139. The fourth-order valence-electron chi connectivity index (χ4n) is 1.98. The number of carboxylic acids is 1. The SMILES string of the molecule is Cc1noc(C)c1S(=O)(=O)NC(C(=O)O)c1ccccc1. The number of hydrogen-bond donors (Lipinski definition) is 2. The molecule has 112 valence electrons. The Morgan fingerprint density at radius 3 is 2.38 bits per heavy atom. The van der Waals surface area contributed by atoms with Gasteiger partial charge in [-0.1, -0.05) is 35.5 Å². The number of nitrogens with one attached hydrogen (secondary N) is 1. The topological polar surface area (TPSA) is 110 Å². The summed E-state index contributed by atoms with van der Waals surface area (Å²) in [4.78, 5) is 11.2. The van der Waals surface area contributed by atoms with Crippen LogP contribution < -0.4 is 4.72 Å². The first-order valence-corrected chi connectivity index (χ1v) is 7.54. The van der Waals surface area contributed by atoms with E-state index in [1.165, 1.54) is 26.0 Å². The Labute approximate surface area is 121 Å². The first-order chi connectivity index (χ1) is 9.83. The molecule has 0 aliphatic heterocycles. The second kappa shape index (κ2) is 5.66. The second-order valence-electron chi connectivity index (χ2n) is 4.46. The van der Waals surface area contributed by atoms with E-state index < -0.39 is 22.0 Å². The zero-order chi connectivity index (χ0) is 15.6. The van der Waals surface area contributed by atoms with E-state index in [0.29, 0.717) is 5.56 Å². The van der Waals surface area contributed by atoms with Crippen molar-refractivity contribution in [2.45, 2.75) is 24.8 Å². The molecule has 0 radical (unpaired) electrons. The molecular weight excluding hydrogens is 296 g/mol. The molecule has 21 heavy (non-hydrogen) atoms. The number of carbonyl (C=O) groups is 1. The highest BCUT2D eigenvalue weighted by Crippen LogP contribution is 2.22. The average molecular weight is 310 g/mol. The number of carboxylic acid groups (broad SMARTS) is 1. The van der Waals surface area contributed by atoms with Crippen molar-refractivity contribution in [2.75, 3.05) is 0 Å². The van der Waals surface area contributed by atoms with E-state index in [1.807, 2.05) is 0 Å². The van der Waals surface area contributed by atoms with Gasteiger partial charge in [0, 0.05) is 0 Å². The summed E-state index contributed by atoms with van der Waals surface area (Å²) in [6.45, 7) is 2.93. The van der Waals surface area contributed by atoms with Gasteiger partial charge >= 0.3 is 5.97 Å². The van der Waals surface area contributed by atoms with Crippen molar-refractivity contribution in [3.63, 3.8) is 0 Å². The maximum absolute atomic E-state index is 12.3. The van der Waals surface area contributed by atoms with Gasteiger partial charge < -0.3 is 9.63 Å². The number of hydrogen-bond acceptors (Lipinski definition) is 5. The van der Waals surface area contributed by atoms with Crippen LogP contribution in [0.4, 0.5) is 0 Å². The average Bonchev–Trinajstić information content (AvgIpc) is 2.77. The molecule has 0 amide bonds. The number of sulfonamides is 1. The lowest BCUT2D eigenvalue weighted by Crippen LogP contribution is -2.34. The fourth-order valence-corrected chi connectivity index (χ4v) is 3.49. The Bertz CT molecular complexity index is 733. The Kier molecular flexibility index (Phi) is 4.10. The van der Waals surface area contributed by atoms with Crippen LogP contribution in [0.25, 0.3) is 0 Å². The predicted octanol–water partition coefficient (Wildman–Crippen LogP) is 1.40. The number of aromatic nitrogens is 1. The van der Waals surface area contributed by atoms with Crippen LogP contribution in [0.2, 0.25) is 0 Å². The van der Waals surface area contributed by atoms with Crippen molar-refractivity contribution in [1.29, 1.82) is 0 Å². The monoisotopic (exact) mass is 310 g/mol. The van der Waals surface area contributed by atoms with Crippen molar-refractivity contribution in [3.8, 4) is 0 Å². The summed E-state index contributed by atoms with van der Waals surface area (Å²) in [6, 6.07) is 6.67. The third-order valence-electron chi connectivity index (χ3n) is 2.89. The maximum Gasteiger partial charge on any atom is 0.326 e. The number of benzene rings is 1. The molecule has 0 spiro atoms. The van der Waals surface area contributed by atoms with Gasteiger partial charge in [0.25, 0.3) is 0 Å². The zero-order valence-corrected chi connectivity index (χ0v) is 12.2. The molecule has 0 aliphatic carbocycles. The standard InChI is InChI=1S/C13H14N2O5S/c1-8-12(9(2)20-14-8)21(18,19)15-11(13(16)17)10-6-4-3-5-7-10/h3-7,11,15H,1-2H3,(H,16,17). The van der Waals surface area contributed by atoms with E-state index in [1.54, 1.807) is 18.2 Å². The van der Waals surface area contributed by atoms with Crippen LogP contribution in [0.5, 0.6) is 0 Å². The first kappa shape index (κ1) is 15.2. The zero-order valence-electron chi connectivity index (χ0n) is 11.4. The van der Waals surface area contributed by atoms with Crippen LogP contribution in [-0.4, -0.2) is 24.7 Å². The van der Waals surface area contributed by atoms with Crippen LogP contribution in [0.15, 0.2) is 39.8 Å². The number of aryl methyl sites for hydroxylation is 2. The molecule has 8 heteroatoms. The van der Waals surface area contributed by atoms with Crippen molar-refractivity contribution >= 4 is 16.0 Å². The van der Waals surface area contributed by atoms with Gasteiger partial charge in [-0.2, -0.15) is 4.72 Å². The van der Waals surface area contributed by atoms with Gasteiger partial charge in [-0.25, -0.2) is 8.42 Å². The minimum Gasteiger partial charge on any atom is -0.480 e. The van der Waals surface area contributed by atoms with Gasteiger partial charge in [0.1, 0.15) is 16.6 Å². The molecule has 1 atom stereocenters. The molecule has 0 bridgehead atoms. The molecule has 0 saturated heterocycles. The Hall–Kier alpha value is -2.19. The summed E-state index contributed by atoms with van der Waals surface area (Å²) in [5.41, 5.74) is 0.512. The van der Waals surface area contributed by atoms with Gasteiger partial charge in [-0.15, -0.1) is 0 Å². The van der Waals surface area contributed by atoms with Crippen LogP contribution in [-0.2, 0) is 14.8 Å². The van der Waals surface area contributed by atoms with Crippen molar-refractivity contribution in [3.05, 3.63) is 47.3 Å². The van der Waals surface area contributed by atoms with Crippen molar-refractivity contribution in [1.82, 2.24) is 9.88 Å². The molecule has 2 rings (SSSR count). The minimum absolute atomic E-state index is 0.109. The van der Waals surface area contributed by atoms with Crippen molar-refractivity contribution < 1.29 is 22.8 Å². The summed E-state index contributed by atoms with van der Waals surface area (Å²) in [7, 11) is -4.06. The highest BCUT2D eigenvalue weighted by Gasteiger charge is 2.31. The van der Waals surface area contributed by atoms with Gasteiger partial charge in [0.05, 0.1) is 0 Å². The summed E-state index contributed by atoms with van der Waals surface area (Å²) < 4.78 is 31.7. The van der Waals surface area contributed by atoms with E-state index in [4.69, 9.17) is 4.52 Å². The molecule has 2 N–H and O–H groups in total. The summed E-state index contributed by atoms with van der Waals surface area (Å²) in [5.74, 6) is -1.19.